The number of fused-ring (bicyclic) bond motifs is 1. The monoisotopic (exact) mass is 440 g/mol. The third-order valence-corrected chi connectivity index (χ3v) is 5.85. The Balaban J connectivity index is 1.65. The summed E-state index contributed by atoms with van der Waals surface area (Å²) in [6.45, 7) is 2.32. The van der Waals surface area contributed by atoms with E-state index in [0.717, 1.165) is 41.3 Å². The van der Waals surface area contributed by atoms with Crippen molar-refractivity contribution in [1.29, 1.82) is 0 Å². The van der Waals surface area contributed by atoms with Gasteiger partial charge in [0.05, 0.1) is 44.1 Å². The molecule has 1 amide bonds. The number of rotatable bonds is 6. The minimum Gasteiger partial charge on any atom is -0.492 e. The van der Waals surface area contributed by atoms with Crippen molar-refractivity contribution in [2.45, 2.75) is 44.8 Å². The molecule has 170 valence electrons. The molecule has 0 radical (unpaired) electrons. The van der Waals surface area contributed by atoms with Crippen molar-refractivity contribution >= 4 is 28.3 Å². The van der Waals surface area contributed by atoms with E-state index in [0.29, 0.717) is 23.9 Å². The largest absolute Gasteiger partial charge is 0.492 e. The Hall–Kier alpha value is -3.33. The van der Waals surface area contributed by atoms with Crippen LogP contribution in [0.2, 0.25) is 0 Å². The van der Waals surface area contributed by atoms with Crippen LogP contribution in [0.3, 0.4) is 0 Å². The standard InChI is InChI=1S/C23H29N5O4/c1-4-32-21-13-18-15(14-27(25-18)16-8-10-17(29)11-9-16)12-19(21)24-23(30)20-6-5-7-22(26(2)3)28(20)31/h5-7,12-14,16-17,29H,4,8-11H2,1-3H3,(H-,24,30,31)/p+1/t16-,17-. The maximum absolute atomic E-state index is 13.0. The molecule has 1 fully saturated rings. The van der Waals surface area contributed by atoms with Crippen LogP contribution in [0.15, 0.2) is 36.5 Å². The Morgan fingerprint density at radius 2 is 2.03 bits per heavy atom. The lowest BCUT2D eigenvalue weighted by Gasteiger charge is -2.25. The van der Waals surface area contributed by atoms with Crippen LogP contribution >= 0.6 is 0 Å². The van der Waals surface area contributed by atoms with Gasteiger partial charge < -0.3 is 20.4 Å². The molecule has 9 nitrogen and oxygen atoms in total. The van der Waals surface area contributed by atoms with E-state index in [4.69, 9.17) is 9.84 Å². The summed E-state index contributed by atoms with van der Waals surface area (Å²) in [6, 6.07) is 8.91. The molecule has 3 aromatic rings. The quantitative estimate of drug-likeness (QED) is 0.402. The molecule has 1 aromatic carbocycles. The summed E-state index contributed by atoms with van der Waals surface area (Å²) in [5, 5.41) is 28.7. The molecule has 0 unspecified atom stereocenters. The second-order valence-corrected chi connectivity index (χ2v) is 8.34. The number of carbonyl (C=O) groups excluding carboxylic acids is 1. The van der Waals surface area contributed by atoms with E-state index in [1.54, 1.807) is 37.2 Å². The third kappa shape index (κ3) is 4.34. The fraction of sp³-hybridized carbons (Fsp3) is 0.435. The number of hydrogen-bond acceptors (Lipinski definition) is 6. The first-order valence-electron chi connectivity index (χ1n) is 10.9. The van der Waals surface area contributed by atoms with Crippen LogP contribution < -0.4 is 19.7 Å². The van der Waals surface area contributed by atoms with E-state index >= 15 is 0 Å². The number of aromatic nitrogens is 3. The molecule has 4 rings (SSSR count). The molecule has 1 aliphatic carbocycles. The fourth-order valence-electron chi connectivity index (χ4n) is 4.14. The van der Waals surface area contributed by atoms with Crippen molar-refractivity contribution in [2.75, 3.05) is 30.9 Å². The van der Waals surface area contributed by atoms with Gasteiger partial charge in [0.15, 0.2) is 0 Å². The average Bonchev–Trinajstić information content (AvgIpc) is 3.17. The molecule has 32 heavy (non-hydrogen) atoms. The smallest absolute Gasteiger partial charge is 0.316 e. The lowest BCUT2D eigenvalue weighted by atomic mass is 9.93. The molecule has 1 aliphatic rings. The zero-order valence-corrected chi connectivity index (χ0v) is 18.7. The zero-order valence-electron chi connectivity index (χ0n) is 18.7. The average molecular weight is 441 g/mol. The summed E-state index contributed by atoms with van der Waals surface area (Å²) in [5.74, 6) is 0.549. The maximum Gasteiger partial charge on any atom is 0.316 e. The maximum atomic E-state index is 13.0. The molecular weight excluding hydrogens is 410 g/mol. The second kappa shape index (κ2) is 9.04. The lowest BCUT2D eigenvalue weighted by Crippen LogP contribution is -2.44. The van der Waals surface area contributed by atoms with Crippen molar-refractivity contribution in [3.63, 3.8) is 0 Å². The highest BCUT2D eigenvalue weighted by molar-refractivity contribution is 6.04. The predicted octanol–water partition coefficient (Wildman–Crippen LogP) is 2.75. The van der Waals surface area contributed by atoms with Gasteiger partial charge in [-0.2, -0.15) is 5.10 Å². The number of nitrogens with one attached hydrogen (secondary N) is 1. The summed E-state index contributed by atoms with van der Waals surface area (Å²) >= 11 is 0. The summed E-state index contributed by atoms with van der Waals surface area (Å²) in [4.78, 5) is 14.7. The molecule has 0 aliphatic heterocycles. The minimum atomic E-state index is -0.454. The Morgan fingerprint density at radius 1 is 1.28 bits per heavy atom. The van der Waals surface area contributed by atoms with Crippen LogP contribution in [-0.4, -0.2) is 52.8 Å². The van der Waals surface area contributed by atoms with E-state index in [1.807, 2.05) is 29.9 Å². The number of carbonyl (C=O) groups is 1. The Bertz CT molecular complexity index is 1120. The van der Waals surface area contributed by atoms with Crippen LogP contribution in [0.25, 0.3) is 10.9 Å². The fourth-order valence-corrected chi connectivity index (χ4v) is 4.14. The van der Waals surface area contributed by atoms with Gasteiger partial charge in [0, 0.05) is 23.7 Å². The number of pyridine rings is 1. The Labute approximate surface area is 186 Å². The number of aliphatic hydroxyl groups is 1. The topological polar surface area (TPSA) is 104 Å². The van der Waals surface area contributed by atoms with Crippen LogP contribution in [0.5, 0.6) is 5.75 Å². The van der Waals surface area contributed by atoms with Gasteiger partial charge >= 0.3 is 5.82 Å². The molecule has 0 saturated heterocycles. The molecule has 9 heteroatoms. The summed E-state index contributed by atoms with van der Waals surface area (Å²) in [6.07, 6.45) is 5.08. The zero-order chi connectivity index (χ0) is 22.8. The van der Waals surface area contributed by atoms with Gasteiger partial charge in [0.25, 0.3) is 5.91 Å². The van der Waals surface area contributed by atoms with E-state index < -0.39 is 5.91 Å². The number of ether oxygens (including phenoxy) is 1. The van der Waals surface area contributed by atoms with Crippen molar-refractivity contribution in [1.82, 2.24) is 9.78 Å². The second-order valence-electron chi connectivity index (χ2n) is 8.34. The highest BCUT2D eigenvalue weighted by Crippen LogP contribution is 2.33. The van der Waals surface area contributed by atoms with Gasteiger partial charge in [-0.1, -0.05) is 0 Å². The van der Waals surface area contributed by atoms with Gasteiger partial charge in [-0.15, -0.1) is 0 Å². The predicted molar refractivity (Wildman–Crippen MR) is 121 cm³/mol. The first-order chi connectivity index (χ1) is 15.4. The molecule has 3 N–H and O–H groups in total. The van der Waals surface area contributed by atoms with Crippen LogP contribution in [0.1, 0.15) is 49.1 Å². The summed E-state index contributed by atoms with van der Waals surface area (Å²) in [5.41, 5.74) is 1.40. The number of nitrogens with zero attached hydrogens (tertiary/aromatic N) is 4. The molecule has 2 heterocycles. The van der Waals surface area contributed by atoms with Gasteiger partial charge in [-0.05, 0) is 55.5 Å². The first kappa shape index (κ1) is 21.9. The highest BCUT2D eigenvalue weighted by Gasteiger charge is 2.24. The summed E-state index contributed by atoms with van der Waals surface area (Å²) in [7, 11) is 3.57. The molecule has 1 saturated carbocycles. The van der Waals surface area contributed by atoms with Crippen LogP contribution in [0, 0.1) is 0 Å². The van der Waals surface area contributed by atoms with Crippen molar-refractivity contribution < 1.29 is 24.6 Å². The first-order valence-corrected chi connectivity index (χ1v) is 10.9. The molecule has 0 spiro atoms. The number of aliphatic hydroxyl groups excluding tert-OH is 1. The van der Waals surface area contributed by atoms with E-state index in [2.05, 4.69) is 5.32 Å². The summed E-state index contributed by atoms with van der Waals surface area (Å²) < 4.78 is 8.59. The third-order valence-electron chi connectivity index (χ3n) is 5.85. The molecular formula is C23H30N5O4+. The molecule has 0 bridgehead atoms. The highest BCUT2D eigenvalue weighted by atomic mass is 16.5. The van der Waals surface area contributed by atoms with Gasteiger partial charge in [-0.25, -0.2) is 0 Å². The van der Waals surface area contributed by atoms with Crippen LogP contribution in [-0.2, 0) is 0 Å². The number of anilines is 2. The van der Waals surface area contributed by atoms with Gasteiger partial charge in [0.1, 0.15) is 5.75 Å². The van der Waals surface area contributed by atoms with Crippen molar-refractivity contribution in [2.24, 2.45) is 0 Å². The van der Waals surface area contributed by atoms with Gasteiger partial charge in [0.2, 0.25) is 5.69 Å². The van der Waals surface area contributed by atoms with E-state index in [1.165, 1.54) is 0 Å². The molecule has 2 aromatic heterocycles. The normalized spacial score (nSPS) is 18.5. The van der Waals surface area contributed by atoms with Crippen molar-refractivity contribution in [3.8, 4) is 5.75 Å². The Morgan fingerprint density at radius 3 is 2.72 bits per heavy atom. The van der Waals surface area contributed by atoms with Gasteiger partial charge in [-0.3, -0.25) is 14.4 Å². The Kier molecular flexibility index (Phi) is 6.18. The number of hydrogen-bond donors (Lipinski definition) is 3. The van der Waals surface area contributed by atoms with E-state index in [9.17, 15) is 15.1 Å². The molecule has 0 atom stereocenters. The van der Waals surface area contributed by atoms with Crippen LogP contribution in [0.4, 0.5) is 11.5 Å². The number of benzene rings is 1. The number of amides is 1. The van der Waals surface area contributed by atoms with E-state index in [-0.39, 0.29) is 17.8 Å². The van der Waals surface area contributed by atoms with Crippen molar-refractivity contribution in [3.05, 3.63) is 42.2 Å². The lowest BCUT2D eigenvalue weighted by molar-refractivity contribution is -0.895. The minimum absolute atomic E-state index is 0.107. The SMILES string of the molecule is CCOc1cc2nn([C@H]3CC[C@H](O)CC3)cc2cc1NC(=O)c1cccc(N(C)C)[n+]1O.